The van der Waals surface area contributed by atoms with Crippen molar-refractivity contribution in [1.82, 2.24) is 0 Å². The van der Waals surface area contributed by atoms with Gasteiger partial charge in [0.15, 0.2) is 0 Å². The molecule has 0 amide bonds. The first-order valence-corrected chi connectivity index (χ1v) is 4.56. The van der Waals surface area contributed by atoms with Crippen LogP contribution in [0.5, 0.6) is 0 Å². The van der Waals surface area contributed by atoms with Gasteiger partial charge in [-0.1, -0.05) is 31.5 Å². The van der Waals surface area contributed by atoms with E-state index in [1.54, 1.807) is 0 Å². The number of unbranched alkanes of at least 4 members (excludes halogenated alkanes) is 1. The van der Waals surface area contributed by atoms with Crippen molar-refractivity contribution in [3.8, 4) is 0 Å². The molecule has 12 heavy (non-hydrogen) atoms. The Morgan fingerprint density at radius 1 is 1.25 bits per heavy atom. The summed E-state index contributed by atoms with van der Waals surface area (Å²) < 4.78 is 0. The molecule has 0 N–H and O–H groups in total. The normalized spacial score (nSPS) is 9.17. The number of thiol groups is 1. The van der Waals surface area contributed by atoms with Gasteiger partial charge in [0.25, 0.3) is 0 Å². The van der Waals surface area contributed by atoms with E-state index in [1.807, 2.05) is 12.1 Å². The summed E-state index contributed by atoms with van der Waals surface area (Å²) in [5, 5.41) is 0. The Hall–Kier alpha value is 0.570. The Balaban J connectivity index is 0.00000121. The monoisotopic (exact) mass is 190 g/mol. The number of hydrogen-bond acceptors (Lipinski definition) is 1. The zero-order valence-electron chi connectivity index (χ0n) is 6.88. The SMILES string of the molecule is CCCCc1ccccc1S.[NaH]. The van der Waals surface area contributed by atoms with Crippen LogP contribution in [-0.4, -0.2) is 29.6 Å². The molecule has 0 fully saturated rings. The third-order valence-corrected chi connectivity index (χ3v) is 2.23. The van der Waals surface area contributed by atoms with Crippen molar-refractivity contribution in [3.05, 3.63) is 29.8 Å². The third-order valence-electron chi connectivity index (χ3n) is 1.79. The van der Waals surface area contributed by atoms with E-state index < -0.39 is 0 Å². The second-order valence-electron chi connectivity index (χ2n) is 2.73. The fraction of sp³-hybridized carbons (Fsp3) is 0.400. The van der Waals surface area contributed by atoms with Gasteiger partial charge in [0.2, 0.25) is 0 Å². The molecule has 0 aliphatic heterocycles. The van der Waals surface area contributed by atoms with E-state index in [0.717, 1.165) is 11.3 Å². The minimum absolute atomic E-state index is 0. The molecule has 0 aliphatic rings. The van der Waals surface area contributed by atoms with Crippen molar-refractivity contribution in [2.45, 2.75) is 31.1 Å². The van der Waals surface area contributed by atoms with E-state index in [4.69, 9.17) is 0 Å². The summed E-state index contributed by atoms with van der Waals surface area (Å²) in [7, 11) is 0. The van der Waals surface area contributed by atoms with E-state index in [1.165, 1.54) is 18.4 Å². The predicted octanol–water partition coefficient (Wildman–Crippen LogP) is 2.67. The molecule has 0 aromatic heterocycles. The Morgan fingerprint density at radius 3 is 2.50 bits per heavy atom. The van der Waals surface area contributed by atoms with Crippen LogP contribution in [0.2, 0.25) is 0 Å². The molecule has 1 rings (SSSR count). The van der Waals surface area contributed by atoms with Crippen LogP contribution in [0.15, 0.2) is 29.2 Å². The summed E-state index contributed by atoms with van der Waals surface area (Å²) in [4.78, 5) is 1.13. The van der Waals surface area contributed by atoms with Crippen LogP contribution >= 0.6 is 12.6 Å². The standard InChI is InChI=1S/C10H14S.Na.H/c1-2-3-6-9-7-4-5-8-10(9)11;;/h4-5,7-8,11H,2-3,6H2,1H3;;. The van der Waals surface area contributed by atoms with Crippen molar-refractivity contribution in [2.24, 2.45) is 0 Å². The first-order valence-electron chi connectivity index (χ1n) is 4.11. The van der Waals surface area contributed by atoms with Crippen molar-refractivity contribution < 1.29 is 0 Å². The maximum absolute atomic E-state index is 4.37. The first kappa shape index (κ1) is 12.6. The summed E-state index contributed by atoms with van der Waals surface area (Å²) in [6.07, 6.45) is 3.68. The Kier molecular flexibility index (Phi) is 7.35. The minimum atomic E-state index is 0. The van der Waals surface area contributed by atoms with E-state index in [2.05, 4.69) is 31.7 Å². The quantitative estimate of drug-likeness (QED) is 0.550. The summed E-state index contributed by atoms with van der Waals surface area (Å²) >= 11 is 4.37. The van der Waals surface area contributed by atoms with E-state index >= 15 is 0 Å². The second-order valence-corrected chi connectivity index (χ2v) is 3.21. The number of aryl methyl sites for hydroxylation is 1. The van der Waals surface area contributed by atoms with Gasteiger partial charge in [-0.05, 0) is 24.5 Å². The van der Waals surface area contributed by atoms with Crippen LogP contribution in [0.3, 0.4) is 0 Å². The maximum atomic E-state index is 4.37. The number of rotatable bonds is 3. The van der Waals surface area contributed by atoms with E-state index in [9.17, 15) is 0 Å². The van der Waals surface area contributed by atoms with Gasteiger partial charge in [0, 0.05) is 4.90 Å². The molecule has 0 saturated heterocycles. The molecule has 0 aliphatic carbocycles. The van der Waals surface area contributed by atoms with Gasteiger partial charge < -0.3 is 0 Å². The molecule has 0 nitrogen and oxygen atoms in total. The summed E-state index contributed by atoms with van der Waals surface area (Å²) in [5.41, 5.74) is 1.37. The molecule has 1 aromatic rings. The van der Waals surface area contributed by atoms with Crippen LogP contribution in [0.4, 0.5) is 0 Å². The van der Waals surface area contributed by atoms with Gasteiger partial charge in [-0.15, -0.1) is 12.6 Å². The van der Waals surface area contributed by atoms with Crippen molar-refractivity contribution in [2.75, 3.05) is 0 Å². The predicted molar refractivity (Wildman–Crippen MR) is 59.5 cm³/mol. The molecule has 0 radical (unpaired) electrons. The summed E-state index contributed by atoms with van der Waals surface area (Å²) in [6, 6.07) is 8.30. The topological polar surface area (TPSA) is 0 Å². The average Bonchev–Trinajstić information content (AvgIpc) is 2.03. The fourth-order valence-corrected chi connectivity index (χ4v) is 1.36. The fourth-order valence-electron chi connectivity index (χ4n) is 1.09. The van der Waals surface area contributed by atoms with Crippen LogP contribution in [0.1, 0.15) is 25.3 Å². The van der Waals surface area contributed by atoms with Crippen LogP contribution in [0, 0.1) is 0 Å². The molecule has 0 spiro atoms. The molecule has 0 bridgehead atoms. The zero-order chi connectivity index (χ0) is 8.10. The number of benzene rings is 1. The molecule has 0 atom stereocenters. The van der Waals surface area contributed by atoms with E-state index in [0.29, 0.717) is 0 Å². The molecular weight excluding hydrogens is 175 g/mol. The number of hydrogen-bond donors (Lipinski definition) is 1. The van der Waals surface area contributed by atoms with Crippen LogP contribution in [-0.2, 0) is 6.42 Å². The molecule has 0 heterocycles. The van der Waals surface area contributed by atoms with Gasteiger partial charge in [-0.2, -0.15) is 0 Å². The van der Waals surface area contributed by atoms with E-state index in [-0.39, 0.29) is 29.6 Å². The van der Waals surface area contributed by atoms with Crippen molar-refractivity contribution in [1.29, 1.82) is 0 Å². The molecule has 62 valence electrons. The first-order chi connectivity index (χ1) is 5.34. The Morgan fingerprint density at radius 2 is 1.92 bits per heavy atom. The van der Waals surface area contributed by atoms with Gasteiger partial charge in [-0.25, -0.2) is 0 Å². The van der Waals surface area contributed by atoms with Gasteiger partial charge >= 0.3 is 29.6 Å². The Labute approximate surface area is 102 Å². The molecule has 0 unspecified atom stereocenters. The Bertz CT molecular complexity index is 223. The molecule has 1 aromatic carbocycles. The average molecular weight is 190 g/mol. The summed E-state index contributed by atoms with van der Waals surface area (Å²) in [6.45, 7) is 2.21. The molecule has 0 saturated carbocycles. The zero-order valence-corrected chi connectivity index (χ0v) is 7.77. The van der Waals surface area contributed by atoms with Crippen LogP contribution < -0.4 is 0 Å². The third kappa shape index (κ3) is 3.99. The van der Waals surface area contributed by atoms with Crippen molar-refractivity contribution in [3.63, 3.8) is 0 Å². The van der Waals surface area contributed by atoms with Crippen LogP contribution in [0.25, 0.3) is 0 Å². The van der Waals surface area contributed by atoms with Gasteiger partial charge in [0.1, 0.15) is 0 Å². The van der Waals surface area contributed by atoms with Crippen molar-refractivity contribution >= 4 is 42.2 Å². The molecule has 2 heteroatoms. The second kappa shape index (κ2) is 7.02. The summed E-state index contributed by atoms with van der Waals surface area (Å²) in [5.74, 6) is 0. The van der Waals surface area contributed by atoms with Gasteiger partial charge in [-0.3, -0.25) is 0 Å². The molecular formula is C10H15NaS. The van der Waals surface area contributed by atoms with Gasteiger partial charge in [0.05, 0.1) is 0 Å².